The number of ether oxygens (including phenoxy) is 4. The number of rotatable bonds is 1. The third kappa shape index (κ3) is 3.21. The molecular formula is C29H42O9. The molecule has 0 aromatic rings. The van der Waals surface area contributed by atoms with Gasteiger partial charge in [-0.15, -0.1) is 0 Å². The van der Waals surface area contributed by atoms with Crippen molar-refractivity contribution in [3.8, 4) is 0 Å². The maximum absolute atomic E-state index is 12.5. The molecule has 4 aliphatic carbocycles. The van der Waals surface area contributed by atoms with E-state index in [1.807, 2.05) is 0 Å². The Hall–Kier alpha value is -1.07. The quantitative estimate of drug-likeness (QED) is 0.293. The Balaban J connectivity index is 1.15. The summed E-state index contributed by atoms with van der Waals surface area (Å²) in [5.74, 6) is -1.35. The van der Waals surface area contributed by atoms with Crippen LogP contribution in [0.2, 0.25) is 0 Å². The highest BCUT2D eigenvalue weighted by atomic mass is 16.8. The molecule has 0 aromatic heterocycles. The molecule has 3 heterocycles. The Morgan fingerprint density at radius 1 is 0.974 bits per heavy atom. The van der Waals surface area contributed by atoms with Crippen molar-refractivity contribution in [3.05, 3.63) is 11.6 Å². The number of aliphatic hydroxyl groups excluding tert-OH is 2. The molecule has 3 aliphatic heterocycles. The minimum absolute atomic E-state index is 0.0673. The number of esters is 1. The molecule has 9 heteroatoms. The SMILES string of the molecule is C[C@H]1O[C@H]2O[C@@H]3C[C@]4(C)C5CC[C@]6(C)[C@@H](C7=CC(=O)OC7)CC[C@]6(O)C5CC[C@H]4C[C@H]3OC2(O)C(O)C1O. The Morgan fingerprint density at radius 3 is 2.50 bits per heavy atom. The zero-order valence-corrected chi connectivity index (χ0v) is 22.5. The van der Waals surface area contributed by atoms with Crippen molar-refractivity contribution >= 4 is 5.97 Å². The highest BCUT2D eigenvalue weighted by molar-refractivity contribution is 5.85. The van der Waals surface area contributed by atoms with Crippen LogP contribution < -0.4 is 0 Å². The molecule has 212 valence electrons. The highest BCUT2D eigenvalue weighted by Crippen LogP contribution is 2.70. The summed E-state index contributed by atoms with van der Waals surface area (Å²) in [5, 5.41) is 44.6. The maximum Gasteiger partial charge on any atom is 0.331 e. The maximum atomic E-state index is 12.5. The van der Waals surface area contributed by atoms with Crippen molar-refractivity contribution in [2.24, 2.45) is 34.5 Å². The lowest BCUT2D eigenvalue weighted by atomic mass is 9.43. The van der Waals surface area contributed by atoms with Crippen LogP contribution in [0.15, 0.2) is 11.6 Å². The first-order valence-electron chi connectivity index (χ1n) is 14.6. The van der Waals surface area contributed by atoms with Gasteiger partial charge in [-0.05, 0) is 93.0 Å². The van der Waals surface area contributed by atoms with Crippen LogP contribution >= 0.6 is 0 Å². The summed E-state index contributed by atoms with van der Waals surface area (Å²) in [7, 11) is 0. The van der Waals surface area contributed by atoms with Crippen LogP contribution in [0.25, 0.3) is 0 Å². The minimum Gasteiger partial charge on any atom is -0.458 e. The predicted octanol–water partition coefficient (Wildman–Crippen LogP) is 1.79. The average molecular weight is 535 g/mol. The normalized spacial score (nSPS) is 59.6. The summed E-state index contributed by atoms with van der Waals surface area (Å²) in [6, 6.07) is 0. The lowest BCUT2D eigenvalue weighted by Crippen LogP contribution is -2.73. The molecule has 0 bridgehead atoms. The Bertz CT molecular complexity index is 1050. The first-order valence-corrected chi connectivity index (χ1v) is 14.6. The molecular weight excluding hydrogens is 492 g/mol. The number of carbonyl (C=O) groups is 1. The van der Waals surface area contributed by atoms with Gasteiger partial charge in [0.15, 0.2) is 0 Å². The van der Waals surface area contributed by atoms with E-state index in [1.54, 1.807) is 13.0 Å². The molecule has 4 saturated carbocycles. The van der Waals surface area contributed by atoms with E-state index in [1.165, 1.54) is 0 Å². The molecule has 7 rings (SSSR count). The number of aliphatic hydroxyl groups is 4. The highest BCUT2D eigenvalue weighted by Gasteiger charge is 2.70. The van der Waals surface area contributed by atoms with Crippen molar-refractivity contribution in [1.29, 1.82) is 0 Å². The first-order chi connectivity index (χ1) is 17.9. The van der Waals surface area contributed by atoms with Crippen LogP contribution in [0.1, 0.15) is 72.1 Å². The van der Waals surface area contributed by atoms with E-state index in [2.05, 4.69) is 13.8 Å². The van der Waals surface area contributed by atoms with Gasteiger partial charge < -0.3 is 39.4 Å². The molecule has 38 heavy (non-hydrogen) atoms. The number of hydrogen-bond donors (Lipinski definition) is 4. The molecule has 5 unspecified atom stereocenters. The fourth-order valence-electron chi connectivity index (χ4n) is 10.3. The second kappa shape index (κ2) is 8.24. The van der Waals surface area contributed by atoms with E-state index < -0.39 is 42.1 Å². The third-order valence-corrected chi connectivity index (χ3v) is 12.5. The van der Waals surface area contributed by atoms with E-state index in [9.17, 15) is 25.2 Å². The Morgan fingerprint density at radius 2 is 1.76 bits per heavy atom. The Kier molecular flexibility index (Phi) is 5.61. The van der Waals surface area contributed by atoms with Crippen molar-refractivity contribution in [1.82, 2.24) is 0 Å². The largest absolute Gasteiger partial charge is 0.458 e. The van der Waals surface area contributed by atoms with Crippen molar-refractivity contribution < 1.29 is 44.2 Å². The summed E-state index contributed by atoms with van der Waals surface area (Å²) in [6.07, 6.45) is 3.16. The van der Waals surface area contributed by atoms with Crippen LogP contribution in [0.3, 0.4) is 0 Å². The fraction of sp³-hybridized carbons (Fsp3) is 0.897. The zero-order valence-electron chi connectivity index (χ0n) is 22.5. The summed E-state index contributed by atoms with van der Waals surface area (Å²) in [5.41, 5.74) is -0.0911. The van der Waals surface area contributed by atoms with Gasteiger partial charge in [-0.3, -0.25) is 0 Å². The van der Waals surface area contributed by atoms with Gasteiger partial charge in [-0.1, -0.05) is 13.8 Å². The smallest absolute Gasteiger partial charge is 0.331 e. The van der Waals surface area contributed by atoms with Gasteiger partial charge >= 0.3 is 5.97 Å². The molecule has 9 nitrogen and oxygen atoms in total. The van der Waals surface area contributed by atoms with Gasteiger partial charge in [0.2, 0.25) is 12.1 Å². The summed E-state index contributed by atoms with van der Waals surface area (Å²) < 4.78 is 23.5. The number of cyclic esters (lactones) is 1. The molecule has 0 radical (unpaired) electrons. The van der Waals surface area contributed by atoms with Crippen LogP contribution in [0.4, 0.5) is 0 Å². The second-order valence-corrected chi connectivity index (χ2v) is 13.9. The van der Waals surface area contributed by atoms with Gasteiger partial charge in [0.25, 0.3) is 0 Å². The van der Waals surface area contributed by atoms with Gasteiger partial charge in [0.05, 0.1) is 23.9 Å². The summed E-state index contributed by atoms with van der Waals surface area (Å²) >= 11 is 0. The number of fused-ring (bicyclic) bond motifs is 7. The van der Waals surface area contributed by atoms with E-state index in [0.29, 0.717) is 24.9 Å². The van der Waals surface area contributed by atoms with Crippen LogP contribution in [-0.4, -0.2) is 81.2 Å². The van der Waals surface area contributed by atoms with Gasteiger partial charge in [0.1, 0.15) is 18.8 Å². The van der Waals surface area contributed by atoms with Crippen LogP contribution in [-0.2, 0) is 23.7 Å². The standard InChI is InChI=1S/C29H42O9/c1-14-23(31)24(32)29(34)25(36-14)37-21-12-26(2)16(11-20(21)38-29)4-5-19-18(26)6-8-27(3)17(7-9-28(19,27)33)15-10-22(30)35-13-15/h10,14,16-21,23-25,31-34H,4-9,11-13H2,1-3H3/t14-,16+,17-,18?,19?,20-,21-,23?,24?,25+,26+,27-,28+,29?/m1/s1. The molecule has 0 aromatic carbocycles. The minimum atomic E-state index is -2.10. The lowest BCUT2D eigenvalue weighted by molar-refractivity contribution is -0.469. The molecule has 14 atom stereocenters. The molecule has 6 fully saturated rings. The molecule has 0 spiro atoms. The number of carbonyl (C=O) groups excluding carboxylic acids is 1. The van der Waals surface area contributed by atoms with Crippen LogP contribution in [0.5, 0.6) is 0 Å². The van der Waals surface area contributed by atoms with E-state index in [4.69, 9.17) is 18.9 Å². The van der Waals surface area contributed by atoms with Crippen molar-refractivity contribution in [2.45, 2.75) is 120 Å². The third-order valence-electron chi connectivity index (χ3n) is 12.5. The van der Waals surface area contributed by atoms with Gasteiger partial charge in [0, 0.05) is 11.5 Å². The predicted molar refractivity (Wildman–Crippen MR) is 132 cm³/mol. The fourth-order valence-corrected chi connectivity index (χ4v) is 10.3. The van der Waals surface area contributed by atoms with E-state index in [0.717, 1.165) is 50.5 Å². The average Bonchev–Trinajstić information content (AvgIpc) is 3.41. The first kappa shape index (κ1) is 25.9. The summed E-state index contributed by atoms with van der Waals surface area (Å²) in [6.45, 7) is 6.58. The molecule has 4 N–H and O–H groups in total. The van der Waals surface area contributed by atoms with Gasteiger partial charge in [-0.25, -0.2) is 4.79 Å². The number of hydrogen-bond acceptors (Lipinski definition) is 9. The molecule has 2 saturated heterocycles. The van der Waals surface area contributed by atoms with E-state index in [-0.39, 0.29) is 34.7 Å². The Labute approximate surface area is 223 Å². The summed E-state index contributed by atoms with van der Waals surface area (Å²) in [4.78, 5) is 11.8. The van der Waals surface area contributed by atoms with Gasteiger partial charge in [-0.2, -0.15) is 0 Å². The second-order valence-electron chi connectivity index (χ2n) is 13.9. The monoisotopic (exact) mass is 534 g/mol. The van der Waals surface area contributed by atoms with Crippen molar-refractivity contribution in [2.75, 3.05) is 6.61 Å². The van der Waals surface area contributed by atoms with Crippen molar-refractivity contribution in [3.63, 3.8) is 0 Å². The van der Waals surface area contributed by atoms with Crippen LogP contribution in [0, 0.1) is 34.5 Å². The van der Waals surface area contributed by atoms with E-state index >= 15 is 0 Å². The topological polar surface area (TPSA) is 135 Å². The molecule has 7 aliphatic rings. The zero-order chi connectivity index (χ0) is 26.8. The lowest BCUT2D eigenvalue weighted by Gasteiger charge is -2.65. The molecule has 0 amide bonds.